The van der Waals surface area contributed by atoms with Gasteiger partial charge in [0.15, 0.2) is 0 Å². The molecule has 250 valence electrons. The van der Waals surface area contributed by atoms with Gasteiger partial charge in [-0.25, -0.2) is 0 Å². The summed E-state index contributed by atoms with van der Waals surface area (Å²) in [5.74, 6) is -3.56. The molecule has 10 nitrogen and oxygen atoms in total. The molecule has 11 heteroatoms. The summed E-state index contributed by atoms with van der Waals surface area (Å²) in [5, 5.41) is 13.6. The van der Waals surface area contributed by atoms with Gasteiger partial charge < -0.3 is 29.7 Å². The lowest BCUT2D eigenvalue weighted by atomic mass is 9.70. The van der Waals surface area contributed by atoms with E-state index in [2.05, 4.69) is 18.5 Å². The SMILES string of the molecule is C=CCCC(=O)OC[C@H](NC(=O)[C@@H]1[C@H]2C(=O)N([C@H](C)CO)[C@H](C(=O)N(CC=C)c3c(C)cccc3Cl)[C@]23CC[C@H]1O3)c1ccccc1. The van der Waals surface area contributed by atoms with Crippen LogP contribution in [0.5, 0.6) is 0 Å². The lowest BCUT2D eigenvalue weighted by molar-refractivity contribution is -0.146. The first-order chi connectivity index (χ1) is 22.6. The molecule has 0 saturated carbocycles. The number of aliphatic hydroxyl groups excluding tert-OH is 1. The molecule has 3 saturated heterocycles. The smallest absolute Gasteiger partial charge is 0.306 e. The molecule has 47 heavy (non-hydrogen) atoms. The van der Waals surface area contributed by atoms with Crippen LogP contribution in [-0.2, 0) is 28.7 Å². The predicted molar refractivity (Wildman–Crippen MR) is 177 cm³/mol. The number of amides is 3. The van der Waals surface area contributed by atoms with Gasteiger partial charge in [-0.1, -0.05) is 66.2 Å². The Morgan fingerprint density at radius 3 is 2.60 bits per heavy atom. The first-order valence-electron chi connectivity index (χ1n) is 16.0. The molecule has 2 bridgehead atoms. The zero-order valence-corrected chi connectivity index (χ0v) is 27.5. The summed E-state index contributed by atoms with van der Waals surface area (Å²) in [6, 6.07) is 12.0. The number of para-hydroxylation sites is 1. The Labute approximate surface area is 280 Å². The van der Waals surface area contributed by atoms with Crippen molar-refractivity contribution >= 4 is 41.0 Å². The molecule has 2 N–H and O–H groups in total. The van der Waals surface area contributed by atoms with Crippen LogP contribution in [0.4, 0.5) is 5.69 Å². The average molecular weight is 664 g/mol. The van der Waals surface area contributed by atoms with Gasteiger partial charge in [0, 0.05) is 13.0 Å². The molecule has 3 aliphatic heterocycles. The summed E-state index contributed by atoms with van der Waals surface area (Å²) in [6.45, 7) is 10.6. The number of esters is 1. The van der Waals surface area contributed by atoms with Crippen LogP contribution in [0.1, 0.15) is 49.8 Å². The number of fused-ring (bicyclic) bond motifs is 1. The maximum atomic E-state index is 14.7. The van der Waals surface area contributed by atoms with Gasteiger partial charge in [0.1, 0.15) is 18.2 Å². The zero-order valence-electron chi connectivity index (χ0n) is 26.8. The fraction of sp³-hybridized carbons (Fsp3) is 0.444. The minimum Gasteiger partial charge on any atom is -0.463 e. The highest BCUT2D eigenvalue weighted by Crippen LogP contribution is 2.59. The van der Waals surface area contributed by atoms with Crippen LogP contribution in [0.15, 0.2) is 73.8 Å². The van der Waals surface area contributed by atoms with Crippen LogP contribution in [-0.4, -0.2) is 77.2 Å². The van der Waals surface area contributed by atoms with Gasteiger partial charge in [-0.15, -0.1) is 13.2 Å². The molecular weight excluding hydrogens is 622 g/mol. The van der Waals surface area contributed by atoms with E-state index in [4.69, 9.17) is 21.1 Å². The Morgan fingerprint density at radius 1 is 1.19 bits per heavy atom. The Kier molecular flexibility index (Phi) is 10.5. The molecule has 0 unspecified atom stereocenters. The topological polar surface area (TPSA) is 125 Å². The minimum atomic E-state index is -1.29. The van der Waals surface area contributed by atoms with Crippen molar-refractivity contribution in [3.05, 3.63) is 90.0 Å². The highest BCUT2D eigenvalue weighted by molar-refractivity contribution is 6.34. The molecule has 5 rings (SSSR count). The number of nitrogens with one attached hydrogen (secondary N) is 1. The van der Waals surface area contributed by atoms with Gasteiger partial charge >= 0.3 is 5.97 Å². The van der Waals surface area contributed by atoms with Crippen molar-refractivity contribution in [3.8, 4) is 0 Å². The predicted octanol–water partition coefficient (Wildman–Crippen LogP) is 4.29. The van der Waals surface area contributed by atoms with Gasteiger partial charge in [-0.3, -0.25) is 19.2 Å². The second-order valence-corrected chi connectivity index (χ2v) is 12.9. The third-order valence-electron chi connectivity index (χ3n) is 9.53. The number of aliphatic hydroxyl groups is 1. The number of carbonyl (C=O) groups excluding carboxylic acids is 4. The number of anilines is 1. The van der Waals surface area contributed by atoms with Gasteiger partial charge in [0.2, 0.25) is 11.8 Å². The van der Waals surface area contributed by atoms with E-state index < -0.39 is 72.0 Å². The number of carbonyl (C=O) groups is 4. The number of halogens is 1. The molecule has 0 radical (unpaired) electrons. The lowest BCUT2D eigenvalue weighted by Gasteiger charge is -2.39. The van der Waals surface area contributed by atoms with Crippen molar-refractivity contribution in [1.29, 1.82) is 0 Å². The maximum Gasteiger partial charge on any atom is 0.306 e. The highest BCUT2D eigenvalue weighted by Gasteiger charge is 2.75. The van der Waals surface area contributed by atoms with Crippen LogP contribution in [0.3, 0.4) is 0 Å². The number of allylic oxidation sites excluding steroid dienone is 1. The van der Waals surface area contributed by atoms with E-state index in [1.54, 1.807) is 31.2 Å². The molecule has 7 atom stereocenters. The van der Waals surface area contributed by atoms with Gasteiger partial charge in [0.05, 0.1) is 47.3 Å². The second-order valence-electron chi connectivity index (χ2n) is 12.5. The Balaban J connectivity index is 1.48. The minimum absolute atomic E-state index is 0.101. The molecule has 3 amide bonds. The van der Waals surface area contributed by atoms with E-state index in [1.165, 1.54) is 9.80 Å². The Bertz CT molecular complexity index is 1510. The summed E-state index contributed by atoms with van der Waals surface area (Å²) in [4.78, 5) is 58.5. The van der Waals surface area contributed by atoms with Crippen LogP contribution >= 0.6 is 11.6 Å². The van der Waals surface area contributed by atoms with Crippen molar-refractivity contribution < 1.29 is 33.8 Å². The monoisotopic (exact) mass is 663 g/mol. The molecule has 3 heterocycles. The quantitative estimate of drug-likeness (QED) is 0.228. The number of ether oxygens (including phenoxy) is 2. The van der Waals surface area contributed by atoms with Gasteiger partial charge in [-0.05, 0) is 50.3 Å². The summed E-state index contributed by atoms with van der Waals surface area (Å²) in [5.41, 5.74) is 0.697. The number of hydrogen-bond donors (Lipinski definition) is 2. The summed E-state index contributed by atoms with van der Waals surface area (Å²) in [7, 11) is 0. The zero-order chi connectivity index (χ0) is 33.9. The van der Waals surface area contributed by atoms with E-state index in [0.717, 1.165) is 11.1 Å². The first-order valence-corrected chi connectivity index (χ1v) is 16.4. The normalized spacial score (nSPS) is 25.5. The van der Waals surface area contributed by atoms with Crippen molar-refractivity contribution in [2.24, 2.45) is 11.8 Å². The molecule has 2 aromatic carbocycles. The van der Waals surface area contributed by atoms with Crippen LogP contribution in [0, 0.1) is 18.8 Å². The van der Waals surface area contributed by atoms with E-state index in [1.807, 2.05) is 43.3 Å². The van der Waals surface area contributed by atoms with Gasteiger partial charge in [0.25, 0.3) is 5.91 Å². The number of nitrogens with zero attached hydrogens (tertiary/aromatic N) is 2. The molecule has 3 aliphatic rings. The summed E-state index contributed by atoms with van der Waals surface area (Å²) >= 11 is 6.62. The van der Waals surface area contributed by atoms with Crippen LogP contribution in [0.2, 0.25) is 5.02 Å². The fourth-order valence-electron chi connectivity index (χ4n) is 7.41. The standard InChI is InChI=1S/C36H42ClN3O7/c1-5-7-16-28(42)46-21-26(24-13-9-8-10-14-24)38-33(43)29-27-17-18-36(47-27)30(29)34(44)40(23(4)20-41)32(36)35(45)39(19-6-2)31-22(3)12-11-15-25(31)37/h5-6,8-15,23,26-27,29-30,32,41H,1-2,7,16-21H2,3-4H3,(H,38,43)/t23-,26+,27-,29+,30+,32-,36+/m1/s1. The second kappa shape index (κ2) is 14.4. The van der Waals surface area contributed by atoms with E-state index in [0.29, 0.717) is 30.0 Å². The van der Waals surface area contributed by atoms with Crippen molar-refractivity contribution in [1.82, 2.24) is 10.2 Å². The maximum absolute atomic E-state index is 14.7. The number of aryl methyl sites for hydroxylation is 1. The fourth-order valence-corrected chi connectivity index (χ4v) is 7.73. The van der Waals surface area contributed by atoms with Crippen LogP contribution in [0.25, 0.3) is 0 Å². The van der Waals surface area contributed by atoms with E-state index >= 15 is 0 Å². The largest absolute Gasteiger partial charge is 0.463 e. The number of benzene rings is 2. The lowest BCUT2D eigenvalue weighted by Crippen LogP contribution is -2.58. The van der Waals surface area contributed by atoms with Crippen molar-refractivity contribution in [2.45, 2.75) is 69.4 Å². The molecule has 1 spiro atoms. The van der Waals surface area contributed by atoms with Gasteiger partial charge in [-0.2, -0.15) is 0 Å². The Morgan fingerprint density at radius 2 is 1.94 bits per heavy atom. The van der Waals surface area contributed by atoms with Crippen LogP contribution < -0.4 is 10.2 Å². The molecule has 0 aliphatic carbocycles. The van der Waals surface area contributed by atoms with E-state index in [9.17, 15) is 24.3 Å². The number of rotatable bonds is 14. The average Bonchev–Trinajstić information content (AvgIpc) is 3.72. The summed E-state index contributed by atoms with van der Waals surface area (Å²) < 4.78 is 12.1. The third kappa shape index (κ3) is 6.34. The van der Waals surface area contributed by atoms with Crippen molar-refractivity contribution in [3.63, 3.8) is 0 Å². The third-order valence-corrected chi connectivity index (χ3v) is 9.84. The number of likely N-dealkylation sites (tertiary alicyclic amines) is 1. The molecule has 0 aromatic heterocycles. The first kappa shape index (κ1) is 34.3. The van der Waals surface area contributed by atoms with E-state index in [-0.39, 0.29) is 19.6 Å². The molecule has 2 aromatic rings. The van der Waals surface area contributed by atoms with Crippen molar-refractivity contribution in [2.75, 3.05) is 24.7 Å². The molecule has 3 fully saturated rings. The number of hydrogen-bond acceptors (Lipinski definition) is 7. The summed E-state index contributed by atoms with van der Waals surface area (Å²) in [6.07, 6.45) is 4.10. The molecular formula is C36H42ClN3O7. The highest BCUT2D eigenvalue weighted by atomic mass is 35.5. The Hall–Kier alpha value is -3.99.